The zero-order valence-corrected chi connectivity index (χ0v) is 9.67. The molecule has 1 saturated heterocycles. The number of fused-ring (bicyclic) bond motifs is 1. The van der Waals surface area contributed by atoms with Gasteiger partial charge in [0.25, 0.3) is 0 Å². The van der Waals surface area contributed by atoms with E-state index in [4.69, 9.17) is 19.3 Å². The first-order valence-electron chi connectivity index (χ1n) is 5.72. The van der Waals surface area contributed by atoms with Gasteiger partial charge >= 0.3 is 6.09 Å². The second-order valence-corrected chi connectivity index (χ2v) is 4.27. The SMILES string of the molecule is O=C1OCC(CO)CN1c1ccc2c(c1)OCO2. The number of amides is 1. The van der Waals surface area contributed by atoms with Crippen LogP contribution in [0.25, 0.3) is 0 Å². The minimum atomic E-state index is -0.404. The van der Waals surface area contributed by atoms with Crippen LogP contribution in [0.1, 0.15) is 0 Å². The summed E-state index contributed by atoms with van der Waals surface area (Å²) in [6.45, 7) is 0.891. The molecule has 6 heteroatoms. The summed E-state index contributed by atoms with van der Waals surface area (Å²) in [5.74, 6) is 1.22. The van der Waals surface area contributed by atoms with Crippen molar-refractivity contribution in [3.63, 3.8) is 0 Å². The number of nitrogens with zero attached hydrogens (tertiary/aromatic N) is 1. The van der Waals surface area contributed by atoms with Crippen molar-refractivity contribution in [3.05, 3.63) is 18.2 Å². The Labute approximate surface area is 104 Å². The maximum atomic E-state index is 11.7. The van der Waals surface area contributed by atoms with Gasteiger partial charge in [0.1, 0.15) is 0 Å². The fourth-order valence-corrected chi connectivity index (χ4v) is 2.03. The van der Waals surface area contributed by atoms with Crippen LogP contribution in [-0.4, -0.2) is 37.8 Å². The molecule has 1 N–H and O–H groups in total. The molecule has 1 atom stereocenters. The van der Waals surface area contributed by atoms with Gasteiger partial charge in [-0.3, -0.25) is 4.90 Å². The first-order valence-corrected chi connectivity index (χ1v) is 5.72. The minimum absolute atomic E-state index is 0.00562. The Morgan fingerprint density at radius 1 is 1.28 bits per heavy atom. The van der Waals surface area contributed by atoms with E-state index in [0.717, 1.165) is 0 Å². The first kappa shape index (κ1) is 11.2. The van der Waals surface area contributed by atoms with Gasteiger partial charge < -0.3 is 19.3 Å². The van der Waals surface area contributed by atoms with E-state index in [1.165, 1.54) is 4.90 Å². The summed E-state index contributed by atoms with van der Waals surface area (Å²) in [6, 6.07) is 5.27. The number of ether oxygens (including phenoxy) is 3. The molecule has 6 nitrogen and oxygen atoms in total. The lowest BCUT2D eigenvalue weighted by Gasteiger charge is -2.31. The Hall–Kier alpha value is -1.95. The number of carbonyl (C=O) groups is 1. The van der Waals surface area contributed by atoms with Crippen LogP contribution in [0.15, 0.2) is 18.2 Å². The van der Waals surface area contributed by atoms with Gasteiger partial charge in [-0.1, -0.05) is 0 Å². The van der Waals surface area contributed by atoms with E-state index in [9.17, 15) is 4.79 Å². The van der Waals surface area contributed by atoms with Gasteiger partial charge in [0.2, 0.25) is 6.79 Å². The highest BCUT2D eigenvalue weighted by Gasteiger charge is 2.29. The molecule has 0 bridgehead atoms. The highest BCUT2D eigenvalue weighted by molar-refractivity contribution is 5.88. The average molecular weight is 251 g/mol. The molecule has 0 aliphatic carbocycles. The molecule has 0 radical (unpaired) electrons. The average Bonchev–Trinajstić information content (AvgIpc) is 2.86. The number of aliphatic hydroxyl groups excluding tert-OH is 1. The Bertz CT molecular complexity index is 476. The molecule has 1 aromatic carbocycles. The third kappa shape index (κ3) is 1.84. The van der Waals surface area contributed by atoms with Crippen LogP contribution in [0.5, 0.6) is 11.5 Å². The zero-order valence-electron chi connectivity index (χ0n) is 9.67. The third-order valence-corrected chi connectivity index (χ3v) is 3.03. The number of cyclic esters (lactones) is 1. The van der Waals surface area contributed by atoms with E-state index < -0.39 is 6.09 Å². The van der Waals surface area contributed by atoms with Crippen molar-refractivity contribution in [2.75, 3.05) is 31.5 Å². The Morgan fingerprint density at radius 2 is 2.11 bits per heavy atom. The molecule has 2 heterocycles. The Balaban J connectivity index is 1.86. The standard InChI is InChI=1S/C12H13NO5/c14-5-8-4-13(12(15)16-6-8)9-1-2-10-11(3-9)18-7-17-10/h1-3,8,14H,4-7H2. The van der Waals surface area contributed by atoms with Crippen molar-refractivity contribution in [2.45, 2.75) is 0 Å². The van der Waals surface area contributed by atoms with E-state index >= 15 is 0 Å². The number of carbonyl (C=O) groups excluding carboxylic acids is 1. The number of anilines is 1. The molecule has 96 valence electrons. The smallest absolute Gasteiger partial charge is 0.414 e. The summed E-state index contributed by atoms with van der Waals surface area (Å²) in [4.78, 5) is 13.2. The maximum Gasteiger partial charge on any atom is 0.414 e. The molecular weight excluding hydrogens is 238 g/mol. The topological polar surface area (TPSA) is 68.2 Å². The predicted molar refractivity (Wildman–Crippen MR) is 61.8 cm³/mol. The van der Waals surface area contributed by atoms with E-state index in [1.54, 1.807) is 18.2 Å². The van der Waals surface area contributed by atoms with Crippen molar-refractivity contribution < 1.29 is 24.1 Å². The van der Waals surface area contributed by atoms with Crippen LogP contribution in [0.3, 0.4) is 0 Å². The van der Waals surface area contributed by atoms with Crippen LogP contribution >= 0.6 is 0 Å². The summed E-state index contributed by atoms with van der Waals surface area (Å²) >= 11 is 0. The third-order valence-electron chi connectivity index (χ3n) is 3.03. The van der Waals surface area contributed by atoms with Crippen molar-refractivity contribution in [3.8, 4) is 11.5 Å². The highest BCUT2D eigenvalue weighted by Crippen LogP contribution is 2.36. The molecule has 1 amide bonds. The van der Waals surface area contributed by atoms with E-state index in [-0.39, 0.29) is 25.9 Å². The molecule has 1 fully saturated rings. The summed E-state index contributed by atoms with van der Waals surface area (Å²) in [5.41, 5.74) is 0.683. The van der Waals surface area contributed by atoms with Gasteiger partial charge in [0.15, 0.2) is 11.5 Å². The molecule has 0 aromatic heterocycles. The van der Waals surface area contributed by atoms with Crippen LogP contribution in [0, 0.1) is 5.92 Å². The fourth-order valence-electron chi connectivity index (χ4n) is 2.03. The summed E-state index contributed by atoms with van der Waals surface area (Å²) in [7, 11) is 0. The maximum absolute atomic E-state index is 11.7. The van der Waals surface area contributed by atoms with Crippen molar-refractivity contribution >= 4 is 11.8 Å². The molecule has 0 saturated carbocycles. The predicted octanol–water partition coefficient (Wildman–Crippen LogP) is 0.980. The molecule has 2 aliphatic rings. The monoisotopic (exact) mass is 251 g/mol. The Kier molecular flexibility index (Phi) is 2.71. The molecule has 1 aromatic rings. The largest absolute Gasteiger partial charge is 0.454 e. The highest BCUT2D eigenvalue weighted by atomic mass is 16.7. The summed E-state index contributed by atoms with van der Waals surface area (Å²) < 4.78 is 15.5. The van der Waals surface area contributed by atoms with Gasteiger partial charge in [-0.25, -0.2) is 4.79 Å². The van der Waals surface area contributed by atoms with Crippen LogP contribution in [0.2, 0.25) is 0 Å². The fraction of sp³-hybridized carbons (Fsp3) is 0.417. The second kappa shape index (κ2) is 4.38. The Morgan fingerprint density at radius 3 is 2.94 bits per heavy atom. The van der Waals surface area contributed by atoms with E-state index in [1.807, 2.05) is 0 Å². The van der Waals surface area contributed by atoms with E-state index in [0.29, 0.717) is 23.7 Å². The van der Waals surface area contributed by atoms with Gasteiger partial charge in [0.05, 0.1) is 18.9 Å². The van der Waals surface area contributed by atoms with E-state index in [2.05, 4.69) is 0 Å². The quantitative estimate of drug-likeness (QED) is 0.848. The second-order valence-electron chi connectivity index (χ2n) is 4.27. The number of hydrogen-bond donors (Lipinski definition) is 1. The number of rotatable bonds is 2. The minimum Gasteiger partial charge on any atom is -0.454 e. The van der Waals surface area contributed by atoms with Crippen LogP contribution in [-0.2, 0) is 4.74 Å². The van der Waals surface area contributed by atoms with Gasteiger partial charge in [-0.05, 0) is 12.1 Å². The normalized spacial score (nSPS) is 21.9. The molecule has 0 spiro atoms. The zero-order chi connectivity index (χ0) is 12.5. The van der Waals surface area contributed by atoms with Gasteiger partial charge in [-0.2, -0.15) is 0 Å². The van der Waals surface area contributed by atoms with Crippen LogP contribution < -0.4 is 14.4 Å². The van der Waals surface area contributed by atoms with Crippen LogP contribution in [0.4, 0.5) is 10.5 Å². The molecular formula is C12H13NO5. The van der Waals surface area contributed by atoms with Crippen molar-refractivity contribution in [1.29, 1.82) is 0 Å². The molecule has 1 unspecified atom stereocenters. The molecule has 2 aliphatic heterocycles. The van der Waals surface area contributed by atoms with Gasteiger partial charge in [0, 0.05) is 18.5 Å². The number of benzene rings is 1. The molecule has 18 heavy (non-hydrogen) atoms. The van der Waals surface area contributed by atoms with Crippen molar-refractivity contribution in [2.24, 2.45) is 5.92 Å². The summed E-state index contributed by atoms with van der Waals surface area (Å²) in [6.07, 6.45) is -0.404. The lowest BCUT2D eigenvalue weighted by molar-refractivity contribution is 0.0900. The molecule has 3 rings (SSSR count). The lowest BCUT2D eigenvalue weighted by atomic mass is 10.1. The number of hydrogen-bond acceptors (Lipinski definition) is 5. The van der Waals surface area contributed by atoms with Crippen molar-refractivity contribution in [1.82, 2.24) is 0 Å². The first-order chi connectivity index (χ1) is 8.78. The number of aliphatic hydroxyl groups is 1. The lowest BCUT2D eigenvalue weighted by Crippen LogP contribution is -2.44. The summed E-state index contributed by atoms with van der Waals surface area (Å²) in [5, 5.41) is 9.13. The van der Waals surface area contributed by atoms with Gasteiger partial charge in [-0.15, -0.1) is 0 Å².